The molecule has 6 rings (SSSR count). The maximum Gasteiger partial charge on any atom is 0.193 e. The quantitative estimate of drug-likeness (QED) is 0.132. The van der Waals surface area contributed by atoms with Crippen molar-refractivity contribution in [2.75, 3.05) is 11.5 Å². The van der Waals surface area contributed by atoms with Crippen molar-refractivity contribution >= 4 is 22.9 Å². The molecule has 0 aromatic heterocycles. The van der Waals surface area contributed by atoms with Gasteiger partial charge in [0.15, 0.2) is 11.6 Å². The van der Waals surface area contributed by atoms with Crippen LogP contribution in [0.4, 0.5) is 11.4 Å². The molecule has 0 aliphatic carbocycles. The smallest absolute Gasteiger partial charge is 0.193 e. The molecule has 0 unspecified atom stereocenters. The average Bonchev–Trinajstić information content (AvgIpc) is 3.05. The Hall–Kier alpha value is -6.14. The molecule has 6 aromatic carbocycles. The molecule has 0 heterocycles. The number of hydrogen-bond acceptors (Lipinski definition) is 6. The minimum absolute atomic E-state index is 0.116. The van der Waals surface area contributed by atoms with Gasteiger partial charge in [0.2, 0.25) is 0 Å². The molecule has 0 fully saturated rings. The number of ether oxygens (including phenoxy) is 2. The molecule has 44 heavy (non-hydrogen) atoms. The van der Waals surface area contributed by atoms with Crippen LogP contribution in [0.3, 0.4) is 0 Å². The van der Waals surface area contributed by atoms with E-state index in [9.17, 15) is 9.59 Å². The fourth-order valence-electron chi connectivity index (χ4n) is 4.79. The summed E-state index contributed by atoms with van der Waals surface area (Å²) in [6.45, 7) is 0. The molecule has 6 aromatic rings. The topological polar surface area (TPSA) is 105 Å². The van der Waals surface area contributed by atoms with Gasteiger partial charge in [0, 0.05) is 45.8 Å². The Morgan fingerprint density at radius 3 is 1.16 bits per heavy atom. The van der Waals surface area contributed by atoms with E-state index in [1.165, 1.54) is 0 Å². The number of hydrogen-bond donors (Lipinski definition) is 2. The zero-order valence-corrected chi connectivity index (χ0v) is 23.6. The zero-order chi connectivity index (χ0) is 30.5. The first-order chi connectivity index (χ1) is 21.4. The maximum atomic E-state index is 13.3. The van der Waals surface area contributed by atoms with E-state index < -0.39 is 0 Å². The number of ketones is 2. The van der Waals surface area contributed by atoms with Crippen molar-refractivity contribution in [1.82, 2.24) is 0 Å². The number of benzene rings is 6. The Kier molecular flexibility index (Phi) is 7.88. The highest BCUT2D eigenvalue weighted by molar-refractivity contribution is 6.10. The molecule has 0 saturated heterocycles. The molecule has 0 amide bonds. The van der Waals surface area contributed by atoms with Crippen LogP contribution < -0.4 is 20.9 Å². The van der Waals surface area contributed by atoms with Crippen LogP contribution in [0, 0.1) is 0 Å². The van der Waals surface area contributed by atoms with Crippen molar-refractivity contribution in [1.29, 1.82) is 0 Å². The molecule has 4 N–H and O–H groups in total. The third-order valence-electron chi connectivity index (χ3n) is 7.00. The molecule has 6 nitrogen and oxygen atoms in total. The van der Waals surface area contributed by atoms with Crippen LogP contribution in [-0.2, 0) is 0 Å². The van der Waals surface area contributed by atoms with Crippen LogP contribution in [0.2, 0.25) is 0 Å². The molecule has 0 radical (unpaired) electrons. The SMILES string of the molecule is Nc1cccc(Oc2ccc(C(=O)c3cccc(-c4cccc(C(=O)c5ccc(Oc6cccc(N)c6)cc5)c4)c3)cc2)c1. The van der Waals surface area contributed by atoms with Gasteiger partial charge in [-0.1, -0.05) is 48.5 Å². The molecule has 0 atom stereocenters. The van der Waals surface area contributed by atoms with Gasteiger partial charge in [-0.2, -0.15) is 0 Å². The number of carbonyl (C=O) groups is 2. The predicted molar refractivity (Wildman–Crippen MR) is 173 cm³/mol. The van der Waals surface area contributed by atoms with E-state index in [4.69, 9.17) is 20.9 Å². The summed E-state index contributed by atoms with van der Waals surface area (Å²) in [6, 6.07) is 43.1. The summed E-state index contributed by atoms with van der Waals surface area (Å²) in [5.41, 5.74) is 16.7. The Bertz CT molecular complexity index is 1820. The summed E-state index contributed by atoms with van der Waals surface area (Å²) < 4.78 is 11.7. The summed E-state index contributed by atoms with van der Waals surface area (Å²) in [5.74, 6) is 2.22. The van der Waals surface area contributed by atoms with Crippen molar-refractivity contribution in [2.45, 2.75) is 0 Å². The first-order valence-electron chi connectivity index (χ1n) is 14.0. The lowest BCUT2D eigenvalue weighted by atomic mass is 9.95. The number of nitrogens with two attached hydrogens (primary N) is 2. The Labute approximate surface area is 255 Å². The molecule has 0 saturated carbocycles. The van der Waals surface area contributed by atoms with Gasteiger partial charge in [-0.05, 0) is 96.1 Å². The molecular weight excluding hydrogens is 548 g/mol. The predicted octanol–water partition coefficient (Wildman–Crippen LogP) is 8.56. The highest BCUT2D eigenvalue weighted by Gasteiger charge is 2.14. The lowest BCUT2D eigenvalue weighted by Crippen LogP contribution is -2.02. The van der Waals surface area contributed by atoms with Gasteiger partial charge in [0.05, 0.1) is 0 Å². The van der Waals surface area contributed by atoms with E-state index in [1.54, 1.807) is 84.9 Å². The lowest BCUT2D eigenvalue weighted by Gasteiger charge is -2.09. The van der Waals surface area contributed by atoms with Crippen LogP contribution in [0.25, 0.3) is 11.1 Å². The normalized spacial score (nSPS) is 10.6. The maximum absolute atomic E-state index is 13.3. The summed E-state index contributed by atoms with van der Waals surface area (Å²) in [5, 5.41) is 0. The number of rotatable bonds is 9. The largest absolute Gasteiger partial charge is 0.457 e. The van der Waals surface area contributed by atoms with Crippen molar-refractivity contribution in [3.8, 4) is 34.1 Å². The fraction of sp³-hybridized carbons (Fsp3) is 0. The number of carbonyl (C=O) groups excluding carboxylic acids is 2. The Morgan fingerprint density at radius 2 is 0.773 bits per heavy atom. The van der Waals surface area contributed by atoms with Gasteiger partial charge >= 0.3 is 0 Å². The fourth-order valence-corrected chi connectivity index (χ4v) is 4.79. The zero-order valence-electron chi connectivity index (χ0n) is 23.6. The van der Waals surface area contributed by atoms with Crippen LogP contribution >= 0.6 is 0 Å². The summed E-state index contributed by atoms with van der Waals surface area (Å²) in [7, 11) is 0. The lowest BCUT2D eigenvalue weighted by molar-refractivity contribution is 0.103. The molecule has 0 aliphatic heterocycles. The summed E-state index contributed by atoms with van der Waals surface area (Å²) in [4.78, 5) is 26.7. The second kappa shape index (κ2) is 12.4. The molecule has 214 valence electrons. The minimum Gasteiger partial charge on any atom is -0.457 e. The van der Waals surface area contributed by atoms with Gasteiger partial charge in [-0.3, -0.25) is 9.59 Å². The first-order valence-corrected chi connectivity index (χ1v) is 14.0. The standard InChI is InChI=1S/C38H28N2O4/c39-31-9-3-11-35(23-31)43-33-17-13-25(14-18-33)37(41)29-7-1-5-27(21-29)28-6-2-8-30(22-28)38(42)26-15-19-34(20-16-26)44-36-12-4-10-32(40)24-36/h1-24H,39-40H2. The summed E-state index contributed by atoms with van der Waals surface area (Å²) >= 11 is 0. The minimum atomic E-state index is -0.116. The van der Waals surface area contributed by atoms with E-state index in [0.717, 1.165) is 11.1 Å². The monoisotopic (exact) mass is 576 g/mol. The highest BCUT2D eigenvalue weighted by atomic mass is 16.5. The third kappa shape index (κ3) is 6.50. The van der Waals surface area contributed by atoms with Gasteiger partial charge in [0.25, 0.3) is 0 Å². The van der Waals surface area contributed by atoms with Crippen molar-refractivity contribution in [2.24, 2.45) is 0 Å². The van der Waals surface area contributed by atoms with E-state index in [2.05, 4.69) is 0 Å². The van der Waals surface area contributed by atoms with Crippen molar-refractivity contribution in [3.63, 3.8) is 0 Å². The van der Waals surface area contributed by atoms with Crippen LogP contribution in [0.15, 0.2) is 146 Å². The van der Waals surface area contributed by atoms with Crippen LogP contribution in [0.1, 0.15) is 31.8 Å². The highest BCUT2D eigenvalue weighted by Crippen LogP contribution is 2.28. The first kappa shape index (κ1) is 28.0. The van der Waals surface area contributed by atoms with Gasteiger partial charge in [-0.15, -0.1) is 0 Å². The third-order valence-corrected chi connectivity index (χ3v) is 7.00. The molecular formula is C38H28N2O4. The molecule has 6 heteroatoms. The second-order valence-corrected chi connectivity index (χ2v) is 10.2. The van der Waals surface area contributed by atoms with E-state index in [1.807, 2.05) is 60.7 Å². The molecule has 0 aliphatic rings. The molecule has 0 spiro atoms. The Morgan fingerprint density at radius 1 is 0.386 bits per heavy atom. The van der Waals surface area contributed by atoms with E-state index >= 15 is 0 Å². The van der Waals surface area contributed by atoms with E-state index in [-0.39, 0.29) is 11.6 Å². The van der Waals surface area contributed by atoms with Crippen LogP contribution in [-0.4, -0.2) is 11.6 Å². The Balaban J connectivity index is 1.16. The average molecular weight is 577 g/mol. The van der Waals surface area contributed by atoms with Crippen molar-refractivity contribution < 1.29 is 19.1 Å². The van der Waals surface area contributed by atoms with Gasteiger partial charge < -0.3 is 20.9 Å². The second-order valence-electron chi connectivity index (χ2n) is 10.2. The molecule has 0 bridgehead atoms. The van der Waals surface area contributed by atoms with E-state index in [0.29, 0.717) is 56.6 Å². The van der Waals surface area contributed by atoms with Crippen LogP contribution in [0.5, 0.6) is 23.0 Å². The summed E-state index contributed by atoms with van der Waals surface area (Å²) in [6.07, 6.45) is 0. The van der Waals surface area contributed by atoms with Gasteiger partial charge in [0.1, 0.15) is 23.0 Å². The van der Waals surface area contributed by atoms with Gasteiger partial charge in [-0.25, -0.2) is 0 Å². The number of nitrogen functional groups attached to an aromatic ring is 2. The number of anilines is 2. The van der Waals surface area contributed by atoms with Crippen molar-refractivity contribution in [3.05, 3.63) is 168 Å².